The summed E-state index contributed by atoms with van der Waals surface area (Å²) >= 11 is 0. The first kappa shape index (κ1) is 14.8. The van der Waals surface area contributed by atoms with Crippen LogP contribution in [0.25, 0.3) is 0 Å². The minimum atomic E-state index is -3.10. The second-order valence-corrected chi connectivity index (χ2v) is 6.99. The highest BCUT2D eigenvalue weighted by atomic mass is 32.2. The molecule has 0 amide bonds. The highest BCUT2D eigenvalue weighted by Gasteiger charge is 2.19. The smallest absolute Gasteiger partial charge is 0.290 e. The van der Waals surface area contributed by atoms with E-state index in [0.29, 0.717) is 6.54 Å². The Bertz CT molecular complexity index is 581. The topological polar surface area (TPSA) is 87.1 Å². The van der Waals surface area contributed by atoms with E-state index < -0.39 is 9.84 Å². The lowest BCUT2D eigenvalue weighted by Gasteiger charge is -2.14. The molecule has 0 aliphatic carbocycles. The minimum absolute atomic E-state index is 0.0616. The molecule has 0 aliphatic heterocycles. The summed E-state index contributed by atoms with van der Waals surface area (Å²) in [5.41, 5.74) is 6.51. The molecular weight excluding hydrogens is 254 g/mol. The van der Waals surface area contributed by atoms with Crippen molar-refractivity contribution in [3.05, 3.63) is 16.0 Å². The quantitative estimate of drug-likeness (QED) is 0.843. The zero-order chi connectivity index (χ0) is 14.1. The Balaban J connectivity index is 3.28. The van der Waals surface area contributed by atoms with Crippen LogP contribution in [0.15, 0.2) is 4.79 Å². The highest BCUT2D eigenvalue weighted by Crippen LogP contribution is 2.19. The maximum Gasteiger partial charge on any atom is 0.290 e. The highest BCUT2D eigenvalue weighted by molar-refractivity contribution is 7.90. The third-order valence-electron chi connectivity index (χ3n) is 2.83. The van der Waals surface area contributed by atoms with Gasteiger partial charge in [0.1, 0.15) is 15.5 Å². The van der Waals surface area contributed by atoms with Gasteiger partial charge in [-0.05, 0) is 12.8 Å². The summed E-state index contributed by atoms with van der Waals surface area (Å²) in [6.45, 7) is 6.55. The van der Waals surface area contributed by atoms with Crippen LogP contribution in [0, 0.1) is 0 Å². The number of aromatic nitrogens is 2. The number of anilines is 1. The molecule has 0 saturated carbocycles. The molecule has 2 N–H and O–H groups in total. The van der Waals surface area contributed by atoms with E-state index in [2.05, 4.69) is 0 Å². The second-order valence-electron chi connectivity index (χ2n) is 4.73. The molecule has 1 aromatic rings. The number of hydrogen-bond acceptors (Lipinski definition) is 4. The van der Waals surface area contributed by atoms with Crippen LogP contribution >= 0.6 is 0 Å². The van der Waals surface area contributed by atoms with Crippen molar-refractivity contribution in [1.82, 2.24) is 9.36 Å². The molecule has 0 aliphatic rings. The molecule has 6 nitrogen and oxygen atoms in total. The van der Waals surface area contributed by atoms with Gasteiger partial charge in [-0.25, -0.2) is 13.1 Å². The van der Waals surface area contributed by atoms with Crippen LogP contribution in [0.2, 0.25) is 0 Å². The first-order chi connectivity index (χ1) is 8.19. The molecule has 1 heterocycles. The van der Waals surface area contributed by atoms with Crippen molar-refractivity contribution >= 4 is 15.5 Å². The SMILES string of the molecule is CCn1c(C(C)C)c(N)c(=O)n1CCS(C)(=O)=O. The lowest BCUT2D eigenvalue weighted by atomic mass is 10.1. The van der Waals surface area contributed by atoms with Gasteiger partial charge in [0.25, 0.3) is 5.56 Å². The maximum atomic E-state index is 12.0. The van der Waals surface area contributed by atoms with Gasteiger partial charge in [0, 0.05) is 12.8 Å². The van der Waals surface area contributed by atoms with Gasteiger partial charge >= 0.3 is 0 Å². The number of sulfone groups is 1. The zero-order valence-corrected chi connectivity index (χ0v) is 12.1. The molecule has 1 rings (SSSR count). The van der Waals surface area contributed by atoms with Crippen LogP contribution in [-0.4, -0.2) is 29.8 Å². The molecule has 7 heteroatoms. The average Bonchev–Trinajstić information content (AvgIpc) is 2.47. The molecule has 0 fully saturated rings. The van der Waals surface area contributed by atoms with E-state index in [4.69, 9.17) is 5.73 Å². The summed E-state index contributed by atoms with van der Waals surface area (Å²) in [4.78, 5) is 12.0. The summed E-state index contributed by atoms with van der Waals surface area (Å²) in [5.74, 6) is 0.0607. The Hall–Kier alpha value is -1.24. The summed E-state index contributed by atoms with van der Waals surface area (Å²) in [6, 6.07) is 0. The van der Waals surface area contributed by atoms with E-state index >= 15 is 0 Å². The molecule has 18 heavy (non-hydrogen) atoms. The molecule has 0 unspecified atom stereocenters. The van der Waals surface area contributed by atoms with Crippen molar-refractivity contribution < 1.29 is 8.42 Å². The molecule has 0 atom stereocenters. The van der Waals surface area contributed by atoms with Crippen LogP contribution in [0.5, 0.6) is 0 Å². The standard InChI is InChI=1S/C11H21N3O3S/c1-5-13-10(8(2)3)9(12)11(15)14(13)6-7-18(4,16)17/h8H,5-7,12H2,1-4H3. The number of nitrogen functional groups attached to an aromatic ring is 1. The van der Waals surface area contributed by atoms with Crippen LogP contribution in [0.4, 0.5) is 5.69 Å². The van der Waals surface area contributed by atoms with E-state index in [-0.39, 0.29) is 29.5 Å². The predicted octanol–water partition coefficient (Wildman–Crippen LogP) is 0.420. The number of nitrogens with zero attached hydrogens (tertiary/aromatic N) is 2. The Kier molecular flexibility index (Phi) is 4.26. The van der Waals surface area contributed by atoms with Crippen molar-refractivity contribution in [2.45, 2.75) is 39.8 Å². The van der Waals surface area contributed by atoms with E-state index in [1.54, 1.807) is 4.68 Å². The summed E-state index contributed by atoms with van der Waals surface area (Å²) < 4.78 is 25.6. The van der Waals surface area contributed by atoms with Crippen molar-refractivity contribution in [3.8, 4) is 0 Å². The third-order valence-corrected chi connectivity index (χ3v) is 3.75. The van der Waals surface area contributed by atoms with Gasteiger partial charge < -0.3 is 5.73 Å². The Morgan fingerprint density at radius 2 is 1.83 bits per heavy atom. The molecule has 0 spiro atoms. The Morgan fingerprint density at radius 1 is 1.28 bits per heavy atom. The number of rotatable bonds is 5. The van der Waals surface area contributed by atoms with Crippen LogP contribution < -0.4 is 11.3 Å². The first-order valence-electron chi connectivity index (χ1n) is 5.95. The van der Waals surface area contributed by atoms with Gasteiger partial charge in [0.15, 0.2) is 0 Å². The van der Waals surface area contributed by atoms with Crippen LogP contribution in [0.3, 0.4) is 0 Å². The summed E-state index contributed by atoms with van der Waals surface area (Å²) in [5, 5.41) is 0. The molecule has 0 aromatic carbocycles. The van der Waals surface area contributed by atoms with Crippen LogP contribution in [-0.2, 0) is 22.9 Å². The van der Waals surface area contributed by atoms with Crippen molar-refractivity contribution in [1.29, 1.82) is 0 Å². The van der Waals surface area contributed by atoms with Crippen molar-refractivity contribution in [3.63, 3.8) is 0 Å². The molecule has 0 saturated heterocycles. The van der Waals surface area contributed by atoms with Gasteiger partial charge in [-0.1, -0.05) is 13.8 Å². The second kappa shape index (κ2) is 5.17. The number of hydrogen-bond donors (Lipinski definition) is 1. The lowest BCUT2D eigenvalue weighted by Crippen LogP contribution is -2.27. The molecule has 0 radical (unpaired) electrons. The molecule has 0 bridgehead atoms. The molecule has 104 valence electrons. The lowest BCUT2D eigenvalue weighted by molar-refractivity contribution is 0.453. The third kappa shape index (κ3) is 2.95. The van der Waals surface area contributed by atoms with Gasteiger partial charge in [-0.15, -0.1) is 0 Å². The maximum absolute atomic E-state index is 12.0. The summed E-state index contributed by atoms with van der Waals surface area (Å²) in [7, 11) is -3.10. The van der Waals surface area contributed by atoms with E-state index in [9.17, 15) is 13.2 Å². The van der Waals surface area contributed by atoms with E-state index in [1.807, 2.05) is 20.8 Å². The van der Waals surface area contributed by atoms with Gasteiger partial charge in [0.2, 0.25) is 0 Å². The van der Waals surface area contributed by atoms with Crippen molar-refractivity contribution in [2.75, 3.05) is 17.7 Å². The Labute approximate surface area is 107 Å². The fourth-order valence-electron chi connectivity index (χ4n) is 2.05. The normalized spacial score (nSPS) is 12.3. The summed E-state index contributed by atoms with van der Waals surface area (Å²) in [6.07, 6.45) is 1.16. The largest absolute Gasteiger partial charge is 0.393 e. The minimum Gasteiger partial charge on any atom is -0.393 e. The van der Waals surface area contributed by atoms with Gasteiger partial charge in [-0.3, -0.25) is 9.48 Å². The van der Waals surface area contributed by atoms with E-state index in [1.165, 1.54) is 4.68 Å². The molecular formula is C11H21N3O3S. The number of nitrogens with two attached hydrogens (primary N) is 1. The molecule has 1 aromatic heterocycles. The van der Waals surface area contributed by atoms with Gasteiger partial charge in [-0.2, -0.15) is 0 Å². The van der Waals surface area contributed by atoms with Crippen LogP contribution in [0.1, 0.15) is 32.4 Å². The monoisotopic (exact) mass is 275 g/mol. The predicted molar refractivity (Wildman–Crippen MR) is 72.6 cm³/mol. The fourth-order valence-corrected chi connectivity index (χ4v) is 2.56. The van der Waals surface area contributed by atoms with Gasteiger partial charge in [0.05, 0.1) is 18.0 Å². The Morgan fingerprint density at radius 3 is 2.22 bits per heavy atom. The zero-order valence-electron chi connectivity index (χ0n) is 11.3. The fraction of sp³-hybridized carbons (Fsp3) is 0.727. The van der Waals surface area contributed by atoms with E-state index in [0.717, 1.165) is 11.9 Å². The first-order valence-corrected chi connectivity index (χ1v) is 8.01. The van der Waals surface area contributed by atoms with Crippen molar-refractivity contribution in [2.24, 2.45) is 0 Å². The average molecular weight is 275 g/mol.